The van der Waals surface area contributed by atoms with Crippen molar-refractivity contribution in [1.82, 2.24) is 29.8 Å². The molecule has 0 unspecified atom stereocenters. The van der Waals surface area contributed by atoms with E-state index in [1.807, 2.05) is 52.0 Å². The number of nitrogens with zero attached hydrogens (tertiary/aromatic N) is 6. The van der Waals surface area contributed by atoms with Gasteiger partial charge in [0.2, 0.25) is 0 Å². The highest BCUT2D eigenvalue weighted by molar-refractivity contribution is 7.21. The average molecular weight is 530 g/mol. The van der Waals surface area contributed by atoms with Gasteiger partial charge in [0.1, 0.15) is 5.60 Å². The van der Waals surface area contributed by atoms with Gasteiger partial charge >= 0.3 is 6.09 Å². The van der Waals surface area contributed by atoms with Crippen LogP contribution < -0.4 is 5.32 Å². The van der Waals surface area contributed by atoms with Crippen LogP contribution in [0, 0.1) is 6.92 Å². The maximum atomic E-state index is 13.3. The lowest BCUT2D eigenvalue weighted by molar-refractivity contribution is 0.0270. The Kier molecular flexibility index (Phi) is 6.85. The minimum absolute atomic E-state index is 0.323. The van der Waals surface area contributed by atoms with Crippen molar-refractivity contribution in [1.29, 1.82) is 0 Å². The van der Waals surface area contributed by atoms with Gasteiger partial charge in [-0.1, -0.05) is 17.4 Å². The molecule has 11 heteroatoms. The highest BCUT2D eigenvalue weighted by Crippen LogP contribution is 2.29. The number of nitrogens with one attached hydrogen (secondary N) is 1. The molecule has 0 fully saturated rings. The van der Waals surface area contributed by atoms with E-state index < -0.39 is 5.60 Å². The fourth-order valence-corrected chi connectivity index (χ4v) is 4.81. The van der Waals surface area contributed by atoms with Crippen LogP contribution in [0.15, 0.2) is 49.1 Å². The molecule has 10 nitrogen and oxygen atoms in total. The normalized spacial score (nSPS) is 13.8. The summed E-state index contributed by atoms with van der Waals surface area (Å²) in [6.45, 7) is 8.32. The molecule has 1 N–H and O–H groups in total. The molecule has 0 spiro atoms. The molecule has 5 rings (SSSR count). The molecule has 1 aliphatic rings. The summed E-state index contributed by atoms with van der Waals surface area (Å²) < 4.78 is 5.49. The summed E-state index contributed by atoms with van der Waals surface area (Å²) in [4.78, 5) is 49.9. The number of rotatable bonds is 4. The standard InChI is InChI=1S/C27H27N7O3S/c1-16-13-19(17-7-11-34(12-8-17)26(36)37-27(2,3)4)20(14-29-16)23(35)33-25-32-22-24(38-25)31-21(15-30-22)18-5-9-28-10-6-18/h5-7,9-10,13-15H,8,11-12H2,1-4H3,(H,30,32,33,35). The minimum Gasteiger partial charge on any atom is -0.444 e. The number of carbonyl (C=O) groups is 2. The van der Waals surface area contributed by atoms with Crippen LogP contribution in [0.2, 0.25) is 0 Å². The first-order valence-corrected chi connectivity index (χ1v) is 13.0. The number of amides is 2. The largest absolute Gasteiger partial charge is 0.444 e. The van der Waals surface area contributed by atoms with Crippen LogP contribution in [-0.4, -0.2) is 60.5 Å². The Hall–Kier alpha value is -4.25. The third-order valence-corrected chi connectivity index (χ3v) is 6.67. The van der Waals surface area contributed by atoms with E-state index in [0.29, 0.717) is 46.4 Å². The Morgan fingerprint density at radius 1 is 1.11 bits per heavy atom. The van der Waals surface area contributed by atoms with E-state index >= 15 is 0 Å². The van der Waals surface area contributed by atoms with Gasteiger partial charge in [0.15, 0.2) is 15.6 Å². The van der Waals surface area contributed by atoms with Crippen LogP contribution in [0.4, 0.5) is 9.93 Å². The van der Waals surface area contributed by atoms with Gasteiger partial charge in [-0.15, -0.1) is 0 Å². The monoisotopic (exact) mass is 529 g/mol. The molecule has 4 aromatic heterocycles. The summed E-state index contributed by atoms with van der Waals surface area (Å²) in [6.07, 6.45) is 8.84. The second-order valence-electron chi connectivity index (χ2n) is 9.87. The zero-order valence-electron chi connectivity index (χ0n) is 21.6. The molecule has 0 radical (unpaired) electrons. The Morgan fingerprint density at radius 3 is 2.61 bits per heavy atom. The van der Waals surface area contributed by atoms with E-state index in [1.165, 1.54) is 11.3 Å². The van der Waals surface area contributed by atoms with Gasteiger partial charge in [-0.3, -0.25) is 20.1 Å². The Morgan fingerprint density at radius 2 is 1.89 bits per heavy atom. The van der Waals surface area contributed by atoms with E-state index in [1.54, 1.807) is 29.7 Å². The summed E-state index contributed by atoms with van der Waals surface area (Å²) in [5, 5.41) is 3.29. The lowest BCUT2D eigenvalue weighted by atomic mass is 9.95. The minimum atomic E-state index is -0.555. The van der Waals surface area contributed by atoms with Crippen molar-refractivity contribution < 1.29 is 14.3 Å². The van der Waals surface area contributed by atoms with E-state index in [-0.39, 0.29) is 12.0 Å². The number of ether oxygens (including phenoxy) is 1. The number of hydrogen-bond donors (Lipinski definition) is 1. The summed E-state index contributed by atoms with van der Waals surface area (Å²) in [5.74, 6) is -0.323. The highest BCUT2D eigenvalue weighted by Gasteiger charge is 2.25. The van der Waals surface area contributed by atoms with Crippen molar-refractivity contribution in [2.24, 2.45) is 0 Å². The number of pyridine rings is 2. The van der Waals surface area contributed by atoms with Crippen molar-refractivity contribution in [2.75, 3.05) is 18.4 Å². The lowest BCUT2D eigenvalue weighted by Crippen LogP contribution is -2.39. The average Bonchev–Trinajstić information content (AvgIpc) is 3.29. The zero-order valence-corrected chi connectivity index (χ0v) is 22.4. The Labute approximate surface area is 223 Å². The van der Waals surface area contributed by atoms with Crippen LogP contribution in [0.25, 0.3) is 27.3 Å². The smallest absolute Gasteiger partial charge is 0.410 e. The van der Waals surface area contributed by atoms with Crippen LogP contribution in [0.3, 0.4) is 0 Å². The molecular weight excluding hydrogens is 502 g/mol. The predicted molar refractivity (Wildman–Crippen MR) is 146 cm³/mol. The first-order valence-electron chi connectivity index (χ1n) is 12.2. The zero-order chi connectivity index (χ0) is 26.9. The number of anilines is 1. The van der Waals surface area contributed by atoms with Gasteiger partial charge in [0, 0.05) is 42.9 Å². The fourth-order valence-electron chi connectivity index (χ4n) is 4.01. The molecule has 2 amide bonds. The number of fused-ring (bicyclic) bond motifs is 1. The molecular formula is C27H27N7O3S. The predicted octanol–water partition coefficient (Wildman–Crippen LogP) is 5.13. The molecule has 0 aliphatic carbocycles. The number of hydrogen-bond acceptors (Lipinski definition) is 9. The molecule has 0 aromatic carbocycles. The van der Waals surface area contributed by atoms with E-state index in [2.05, 4.69) is 30.2 Å². The molecule has 0 saturated heterocycles. The highest BCUT2D eigenvalue weighted by atomic mass is 32.1. The maximum Gasteiger partial charge on any atom is 0.410 e. The van der Waals surface area contributed by atoms with Gasteiger partial charge in [0.05, 0.1) is 17.5 Å². The topological polar surface area (TPSA) is 123 Å². The molecule has 5 heterocycles. The number of aromatic nitrogens is 5. The summed E-state index contributed by atoms with van der Waals surface area (Å²) in [5.41, 5.74) is 4.51. The summed E-state index contributed by atoms with van der Waals surface area (Å²) in [7, 11) is 0. The SMILES string of the molecule is Cc1cc(C2=CCN(C(=O)OC(C)(C)C)CC2)c(C(=O)Nc2nc3ncc(-c4ccncc4)nc3s2)cn1. The molecule has 4 aromatic rings. The molecule has 38 heavy (non-hydrogen) atoms. The second-order valence-corrected chi connectivity index (χ2v) is 10.8. The first-order chi connectivity index (χ1) is 18.2. The summed E-state index contributed by atoms with van der Waals surface area (Å²) in [6, 6.07) is 5.61. The number of thiazole rings is 1. The number of carbonyl (C=O) groups excluding carboxylic acids is 2. The Balaban J connectivity index is 1.35. The molecule has 1 aliphatic heterocycles. The number of aryl methyl sites for hydroxylation is 1. The Bertz CT molecular complexity index is 1540. The first kappa shape index (κ1) is 25.4. The van der Waals surface area contributed by atoms with Crippen LogP contribution in [0.1, 0.15) is 48.8 Å². The quantitative estimate of drug-likeness (QED) is 0.386. The van der Waals surface area contributed by atoms with Crippen LogP contribution >= 0.6 is 11.3 Å². The van der Waals surface area contributed by atoms with Crippen LogP contribution in [-0.2, 0) is 4.74 Å². The fraction of sp³-hybridized carbons (Fsp3) is 0.296. The van der Waals surface area contributed by atoms with E-state index in [4.69, 9.17) is 4.74 Å². The third-order valence-electron chi connectivity index (χ3n) is 5.81. The molecule has 0 saturated carbocycles. The van der Waals surface area contributed by atoms with Crippen molar-refractivity contribution >= 4 is 44.5 Å². The molecule has 0 bridgehead atoms. The van der Waals surface area contributed by atoms with Gasteiger partial charge in [-0.2, -0.15) is 4.98 Å². The van der Waals surface area contributed by atoms with E-state index in [9.17, 15) is 9.59 Å². The molecule has 194 valence electrons. The second kappa shape index (κ2) is 10.3. The van der Waals surface area contributed by atoms with Crippen molar-refractivity contribution in [2.45, 2.75) is 39.7 Å². The summed E-state index contributed by atoms with van der Waals surface area (Å²) >= 11 is 1.26. The van der Waals surface area contributed by atoms with Crippen molar-refractivity contribution in [3.63, 3.8) is 0 Å². The third kappa shape index (κ3) is 5.67. The maximum absolute atomic E-state index is 13.3. The van der Waals surface area contributed by atoms with E-state index in [0.717, 1.165) is 22.4 Å². The van der Waals surface area contributed by atoms with Crippen LogP contribution in [0.5, 0.6) is 0 Å². The lowest BCUT2D eigenvalue weighted by Gasteiger charge is -2.30. The van der Waals surface area contributed by atoms with Gasteiger partial charge < -0.3 is 9.64 Å². The van der Waals surface area contributed by atoms with Gasteiger partial charge in [0.25, 0.3) is 5.91 Å². The van der Waals surface area contributed by atoms with Gasteiger partial charge in [-0.05, 0) is 63.5 Å². The molecule has 0 atom stereocenters. The van der Waals surface area contributed by atoms with Gasteiger partial charge in [-0.25, -0.2) is 14.8 Å². The van der Waals surface area contributed by atoms with Crippen molar-refractivity contribution in [3.05, 3.63) is 65.9 Å². The van der Waals surface area contributed by atoms with Crippen molar-refractivity contribution in [3.8, 4) is 11.3 Å².